The van der Waals surface area contributed by atoms with E-state index in [-0.39, 0.29) is 6.73 Å². The maximum absolute atomic E-state index is 10.9. The van der Waals surface area contributed by atoms with Gasteiger partial charge in [-0.25, -0.2) is 4.79 Å². The standard InChI is InChI=1S/C9H10N2O3/c1-11(5-12)6-2-3-7-8(4-6)14-9(13)10-7/h2-4,12H,5H2,1H3,(H,10,13). The van der Waals surface area contributed by atoms with Crippen molar-refractivity contribution >= 4 is 16.8 Å². The van der Waals surface area contributed by atoms with E-state index in [0.29, 0.717) is 11.1 Å². The average Bonchev–Trinajstić information content (AvgIpc) is 2.55. The largest absolute Gasteiger partial charge is 0.417 e. The van der Waals surface area contributed by atoms with Crippen LogP contribution in [0.1, 0.15) is 0 Å². The van der Waals surface area contributed by atoms with Gasteiger partial charge in [0.05, 0.1) is 5.52 Å². The van der Waals surface area contributed by atoms with Crippen LogP contribution in [0.5, 0.6) is 0 Å². The smallest absolute Gasteiger partial charge is 0.408 e. The molecule has 0 spiro atoms. The molecule has 2 N–H and O–H groups in total. The van der Waals surface area contributed by atoms with E-state index in [1.54, 1.807) is 30.1 Å². The maximum atomic E-state index is 10.9. The van der Waals surface area contributed by atoms with Crippen LogP contribution >= 0.6 is 0 Å². The van der Waals surface area contributed by atoms with E-state index in [1.807, 2.05) is 0 Å². The van der Waals surface area contributed by atoms with Crippen molar-refractivity contribution in [3.63, 3.8) is 0 Å². The summed E-state index contributed by atoms with van der Waals surface area (Å²) in [5.74, 6) is -0.469. The van der Waals surface area contributed by atoms with E-state index in [9.17, 15) is 4.79 Å². The van der Waals surface area contributed by atoms with Gasteiger partial charge < -0.3 is 14.4 Å². The van der Waals surface area contributed by atoms with E-state index in [0.717, 1.165) is 5.69 Å². The van der Waals surface area contributed by atoms with Crippen molar-refractivity contribution in [2.75, 3.05) is 18.7 Å². The van der Waals surface area contributed by atoms with Crippen LogP contribution in [-0.4, -0.2) is 23.9 Å². The monoisotopic (exact) mass is 194 g/mol. The number of fused-ring (bicyclic) bond motifs is 1. The van der Waals surface area contributed by atoms with E-state index >= 15 is 0 Å². The molecule has 2 aromatic rings. The molecule has 0 aliphatic carbocycles. The first kappa shape index (κ1) is 8.83. The van der Waals surface area contributed by atoms with Gasteiger partial charge in [0.1, 0.15) is 6.73 Å². The summed E-state index contributed by atoms with van der Waals surface area (Å²) >= 11 is 0. The number of rotatable bonds is 2. The van der Waals surface area contributed by atoms with Crippen molar-refractivity contribution in [3.8, 4) is 0 Å². The Morgan fingerprint density at radius 3 is 3.07 bits per heavy atom. The minimum atomic E-state index is -0.469. The lowest BCUT2D eigenvalue weighted by atomic mass is 10.3. The predicted molar refractivity (Wildman–Crippen MR) is 52.3 cm³/mol. The molecule has 0 bridgehead atoms. The van der Waals surface area contributed by atoms with Crippen LogP contribution in [-0.2, 0) is 0 Å². The van der Waals surface area contributed by atoms with Crippen molar-refractivity contribution < 1.29 is 9.52 Å². The van der Waals surface area contributed by atoms with Crippen LogP contribution in [0.3, 0.4) is 0 Å². The summed E-state index contributed by atoms with van der Waals surface area (Å²) in [5, 5.41) is 8.89. The fourth-order valence-corrected chi connectivity index (χ4v) is 1.25. The Morgan fingerprint density at radius 1 is 1.57 bits per heavy atom. The number of nitrogens with one attached hydrogen (secondary N) is 1. The molecule has 0 saturated carbocycles. The number of hydrogen-bond acceptors (Lipinski definition) is 4. The van der Waals surface area contributed by atoms with Gasteiger partial charge in [0.15, 0.2) is 5.58 Å². The molecule has 1 heterocycles. The van der Waals surface area contributed by atoms with Gasteiger partial charge in [-0.05, 0) is 12.1 Å². The number of hydrogen-bond donors (Lipinski definition) is 2. The summed E-state index contributed by atoms with van der Waals surface area (Å²) in [6.07, 6.45) is 0. The Labute approximate surface area is 79.6 Å². The molecular weight excluding hydrogens is 184 g/mol. The third kappa shape index (κ3) is 1.38. The van der Waals surface area contributed by atoms with E-state index in [1.165, 1.54) is 0 Å². The predicted octanol–water partition coefficient (Wildman–Crippen LogP) is 0.507. The second-order valence-electron chi connectivity index (χ2n) is 3.03. The summed E-state index contributed by atoms with van der Waals surface area (Å²) in [5.41, 5.74) is 1.95. The summed E-state index contributed by atoms with van der Waals surface area (Å²) in [6.45, 7) is -0.0832. The van der Waals surface area contributed by atoms with Gasteiger partial charge in [-0.2, -0.15) is 0 Å². The van der Waals surface area contributed by atoms with Crippen LogP contribution in [0.25, 0.3) is 11.1 Å². The molecule has 0 radical (unpaired) electrons. The summed E-state index contributed by atoms with van der Waals surface area (Å²) in [6, 6.07) is 5.23. The highest BCUT2D eigenvalue weighted by Crippen LogP contribution is 2.18. The number of aliphatic hydroxyl groups excluding tert-OH is 1. The minimum absolute atomic E-state index is 0.0832. The van der Waals surface area contributed by atoms with Gasteiger partial charge in [0.2, 0.25) is 0 Å². The molecule has 5 heteroatoms. The highest BCUT2D eigenvalue weighted by molar-refractivity contribution is 5.76. The van der Waals surface area contributed by atoms with Gasteiger partial charge in [0, 0.05) is 18.8 Å². The Balaban J connectivity index is 2.55. The van der Waals surface area contributed by atoms with Crippen molar-refractivity contribution in [2.24, 2.45) is 0 Å². The molecule has 0 aliphatic rings. The summed E-state index contributed by atoms with van der Waals surface area (Å²) in [4.78, 5) is 15.0. The fourth-order valence-electron chi connectivity index (χ4n) is 1.25. The molecule has 5 nitrogen and oxygen atoms in total. The molecule has 0 saturated heterocycles. The SMILES string of the molecule is CN(CO)c1ccc2[nH]c(=O)oc2c1. The molecule has 0 amide bonds. The molecular formula is C9H10N2O3. The van der Waals surface area contributed by atoms with E-state index in [4.69, 9.17) is 9.52 Å². The molecule has 0 fully saturated rings. The number of aromatic amines is 1. The third-order valence-corrected chi connectivity index (χ3v) is 2.06. The Kier molecular flexibility index (Phi) is 2.01. The van der Waals surface area contributed by atoms with Crippen molar-refractivity contribution in [2.45, 2.75) is 0 Å². The number of anilines is 1. The van der Waals surface area contributed by atoms with Crippen LogP contribution in [0, 0.1) is 0 Å². The van der Waals surface area contributed by atoms with Gasteiger partial charge in [0.25, 0.3) is 0 Å². The first-order chi connectivity index (χ1) is 6.70. The average molecular weight is 194 g/mol. The number of H-pyrrole nitrogens is 1. The first-order valence-electron chi connectivity index (χ1n) is 4.15. The Morgan fingerprint density at radius 2 is 2.36 bits per heavy atom. The molecule has 0 unspecified atom stereocenters. The summed E-state index contributed by atoms with van der Waals surface area (Å²) < 4.78 is 4.88. The lowest BCUT2D eigenvalue weighted by molar-refractivity contribution is 0.298. The quantitative estimate of drug-likeness (QED) is 0.683. The lowest BCUT2D eigenvalue weighted by Gasteiger charge is -2.14. The van der Waals surface area contributed by atoms with Crippen LogP contribution in [0.2, 0.25) is 0 Å². The highest BCUT2D eigenvalue weighted by Gasteiger charge is 2.04. The molecule has 14 heavy (non-hydrogen) atoms. The summed E-state index contributed by atoms with van der Waals surface area (Å²) in [7, 11) is 1.74. The van der Waals surface area contributed by atoms with Gasteiger partial charge in [-0.1, -0.05) is 0 Å². The Bertz CT molecular complexity index is 500. The molecule has 1 aromatic heterocycles. The first-order valence-corrected chi connectivity index (χ1v) is 4.15. The molecule has 1 aromatic carbocycles. The van der Waals surface area contributed by atoms with Crippen molar-refractivity contribution in [1.82, 2.24) is 4.98 Å². The second kappa shape index (κ2) is 3.19. The fraction of sp³-hybridized carbons (Fsp3) is 0.222. The minimum Gasteiger partial charge on any atom is -0.408 e. The zero-order valence-corrected chi connectivity index (χ0v) is 7.65. The molecule has 2 rings (SSSR count). The van der Waals surface area contributed by atoms with E-state index in [2.05, 4.69) is 4.98 Å². The number of benzene rings is 1. The molecule has 74 valence electrons. The van der Waals surface area contributed by atoms with Crippen LogP contribution in [0.15, 0.2) is 27.4 Å². The van der Waals surface area contributed by atoms with Crippen LogP contribution < -0.4 is 10.7 Å². The lowest BCUT2D eigenvalue weighted by Crippen LogP contribution is -2.17. The van der Waals surface area contributed by atoms with Gasteiger partial charge in [-0.3, -0.25) is 4.98 Å². The zero-order valence-electron chi connectivity index (χ0n) is 7.65. The highest BCUT2D eigenvalue weighted by atomic mass is 16.4. The van der Waals surface area contributed by atoms with E-state index < -0.39 is 5.76 Å². The zero-order chi connectivity index (χ0) is 10.1. The number of oxazole rings is 1. The normalized spacial score (nSPS) is 10.7. The number of aromatic nitrogens is 1. The third-order valence-electron chi connectivity index (χ3n) is 2.06. The van der Waals surface area contributed by atoms with Crippen LogP contribution in [0.4, 0.5) is 5.69 Å². The van der Waals surface area contributed by atoms with Crippen molar-refractivity contribution in [1.29, 1.82) is 0 Å². The number of nitrogens with zero attached hydrogens (tertiary/aromatic N) is 1. The van der Waals surface area contributed by atoms with Gasteiger partial charge >= 0.3 is 5.76 Å². The molecule has 0 aliphatic heterocycles. The number of aliphatic hydroxyl groups is 1. The van der Waals surface area contributed by atoms with Crippen molar-refractivity contribution in [3.05, 3.63) is 28.7 Å². The maximum Gasteiger partial charge on any atom is 0.417 e. The topological polar surface area (TPSA) is 69.5 Å². The van der Waals surface area contributed by atoms with Gasteiger partial charge in [-0.15, -0.1) is 0 Å². The second-order valence-corrected chi connectivity index (χ2v) is 3.03. The Hall–Kier alpha value is -1.75. The molecule has 0 atom stereocenters.